The number of carbonyl (C=O) groups excluding carboxylic acids is 3. The number of aliphatic hydroxyl groups is 1. The molecule has 31 heavy (non-hydrogen) atoms. The van der Waals surface area contributed by atoms with Crippen molar-refractivity contribution in [2.75, 3.05) is 5.88 Å². The van der Waals surface area contributed by atoms with Crippen LogP contribution in [0.3, 0.4) is 0 Å². The molecule has 0 aromatic heterocycles. The van der Waals surface area contributed by atoms with Crippen molar-refractivity contribution >= 4 is 29.1 Å². The van der Waals surface area contributed by atoms with E-state index in [2.05, 4.69) is 0 Å². The summed E-state index contributed by atoms with van der Waals surface area (Å²) < 4.78 is 22.9. The maximum absolute atomic E-state index is 17.1. The molecule has 8 atom stereocenters. The highest BCUT2D eigenvalue weighted by Crippen LogP contribution is 2.71. The number of Topliss-reactive ketones (excluding diaryl/α,β-unsaturated/α-hetero) is 1. The first kappa shape index (κ1) is 22.7. The van der Waals surface area contributed by atoms with Crippen LogP contribution >= 0.6 is 11.6 Å². The quantitative estimate of drug-likeness (QED) is 0.521. The molecule has 1 N–H and O–H groups in total. The van der Waals surface area contributed by atoms with Crippen molar-refractivity contribution in [2.45, 2.75) is 70.8 Å². The van der Waals surface area contributed by atoms with Crippen LogP contribution in [0, 0.1) is 28.6 Å². The van der Waals surface area contributed by atoms with Crippen LogP contribution in [0.25, 0.3) is 0 Å². The zero-order valence-corrected chi connectivity index (χ0v) is 19.2. The molecule has 0 aromatic carbocycles. The van der Waals surface area contributed by atoms with Crippen molar-refractivity contribution in [2.24, 2.45) is 28.6 Å². The van der Waals surface area contributed by atoms with E-state index in [1.54, 1.807) is 13.0 Å². The molecule has 0 heterocycles. The number of aliphatic hydroxyl groups excluding tert-OH is 1. The van der Waals surface area contributed by atoms with Crippen LogP contribution < -0.4 is 0 Å². The first-order valence-electron chi connectivity index (χ1n) is 11.0. The number of rotatable bonds is 3. The summed E-state index contributed by atoms with van der Waals surface area (Å²) in [6, 6.07) is 0. The van der Waals surface area contributed by atoms with Gasteiger partial charge in [-0.1, -0.05) is 25.5 Å². The lowest BCUT2D eigenvalue weighted by molar-refractivity contribution is -0.226. The molecule has 0 spiro atoms. The first-order valence-corrected chi connectivity index (χ1v) is 11.5. The predicted octanol–water partition coefficient (Wildman–Crippen LogP) is 3.71. The minimum atomic E-state index is -1.99. The molecule has 0 radical (unpaired) electrons. The fourth-order valence-corrected chi connectivity index (χ4v) is 7.92. The summed E-state index contributed by atoms with van der Waals surface area (Å²) >= 11 is 5.97. The first-order chi connectivity index (χ1) is 14.4. The van der Waals surface area contributed by atoms with Gasteiger partial charge < -0.3 is 9.84 Å². The molecule has 7 heteroatoms. The number of allylic oxidation sites excluding steroid dienone is 4. The molecule has 0 amide bonds. The Bertz CT molecular complexity index is 914. The lowest BCUT2D eigenvalue weighted by Crippen LogP contribution is -2.70. The number of esters is 1. The average molecular weight is 453 g/mol. The molecule has 0 saturated heterocycles. The van der Waals surface area contributed by atoms with Gasteiger partial charge in [-0.25, -0.2) is 4.39 Å². The molecule has 3 saturated carbocycles. The van der Waals surface area contributed by atoms with Crippen molar-refractivity contribution in [1.82, 2.24) is 0 Å². The molecule has 0 aliphatic heterocycles. The van der Waals surface area contributed by atoms with Gasteiger partial charge in [0.1, 0.15) is 0 Å². The van der Waals surface area contributed by atoms with E-state index in [1.807, 2.05) is 13.8 Å². The van der Waals surface area contributed by atoms with Crippen LogP contribution in [0.4, 0.5) is 4.39 Å². The molecular weight excluding hydrogens is 423 g/mol. The highest BCUT2D eigenvalue weighted by molar-refractivity contribution is 6.29. The second-order valence-corrected chi connectivity index (χ2v) is 10.6. The summed E-state index contributed by atoms with van der Waals surface area (Å²) in [5.74, 6) is -2.67. The van der Waals surface area contributed by atoms with Crippen LogP contribution in [0.2, 0.25) is 0 Å². The predicted molar refractivity (Wildman–Crippen MR) is 113 cm³/mol. The minimum absolute atomic E-state index is 0.0322. The van der Waals surface area contributed by atoms with Gasteiger partial charge in [-0.2, -0.15) is 0 Å². The van der Waals surface area contributed by atoms with Crippen LogP contribution in [-0.2, 0) is 19.1 Å². The zero-order valence-electron chi connectivity index (χ0n) is 18.4. The number of halogens is 2. The monoisotopic (exact) mass is 452 g/mol. The summed E-state index contributed by atoms with van der Waals surface area (Å²) in [5, 5.41) is 11.3. The van der Waals surface area contributed by atoms with E-state index in [0.717, 1.165) is 0 Å². The SMILES string of the molecule is CC(=O)O[C@]1(C(=O)CCl)C(C)C[C@H]2[C@@H]3CCC4=CC(=O)C=C[C@]4(C)[C@@]3(F)C(O)C[C@@]21C. The van der Waals surface area contributed by atoms with Crippen LogP contribution in [0.15, 0.2) is 23.8 Å². The molecule has 3 fully saturated rings. The Balaban J connectivity index is 1.86. The van der Waals surface area contributed by atoms with Gasteiger partial charge in [0.15, 0.2) is 22.8 Å². The topological polar surface area (TPSA) is 80.7 Å². The smallest absolute Gasteiger partial charge is 0.303 e. The largest absolute Gasteiger partial charge is 0.450 e. The molecule has 4 aliphatic rings. The summed E-state index contributed by atoms with van der Waals surface area (Å²) in [7, 11) is 0. The minimum Gasteiger partial charge on any atom is -0.450 e. The van der Waals surface area contributed by atoms with Crippen molar-refractivity contribution in [1.29, 1.82) is 0 Å². The Morgan fingerprint density at radius 3 is 2.61 bits per heavy atom. The Morgan fingerprint density at radius 1 is 1.32 bits per heavy atom. The molecular formula is C24H30ClFO5. The average Bonchev–Trinajstić information content (AvgIpc) is 2.90. The molecule has 2 unspecified atom stereocenters. The van der Waals surface area contributed by atoms with Crippen molar-refractivity contribution < 1.29 is 28.6 Å². The van der Waals surface area contributed by atoms with Crippen molar-refractivity contribution in [3.8, 4) is 0 Å². The van der Waals surface area contributed by atoms with Gasteiger partial charge in [0.05, 0.1) is 12.0 Å². The fraction of sp³-hybridized carbons (Fsp3) is 0.708. The second-order valence-electron chi connectivity index (χ2n) is 10.3. The third-order valence-corrected chi connectivity index (χ3v) is 9.26. The summed E-state index contributed by atoms with van der Waals surface area (Å²) in [6.45, 7) is 6.69. The van der Waals surface area contributed by atoms with E-state index in [0.29, 0.717) is 24.8 Å². The van der Waals surface area contributed by atoms with E-state index in [4.69, 9.17) is 16.3 Å². The number of fused-ring (bicyclic) bond motifs is 5. The number of carbonyl (C=O) groups is 3. The normalized spacial score (nSPS) is 48.4. The highest BCUT2D eigenvalue weighted by atomic mass is 35.5. The van der Waals surface area contributed by atoms with E-state index in [1.165, 1.54) is 19.1 Å². The molecule has 170 valence electrons. The van der Waals surface area contributed by atoms with E-state index in [-0.39, 0.29) is 29.9 Å². The number of hydrogen-bond acceptors (Lipinski definition) is 5. The molecule has 5 nitrogen and oxygen atoms in total. The fourth-order valence-electron chi connectivity index (χ4n) is 7.72. The van der Waals surface area contributed by atoms with Crippen LogP contribution in [-0.4, -0.2) is 45.9 Å². The van der Waals surface area contributed by atoms with Crippen molar-refractivity contribution in [3.63, 3.8) is 0 Å². The Hall–Kier alpha value is -1.53. The van der Waals surface area contributed by atoms with Crippen molar-refractivity contribution in [3.05, 3.63) is 23.8 Å². The van der Waals surface area contributed by atoms with Gasteiger partial charge >= 0.3 is 5.97 Å². The lowest BCUT2D eigenvalue weighted by Gasteiger charge is -2.62. The van der Waals surface area contributed by atoms with Gasteiger partial charge in [0.2, 0.25) is 0 Å². The van der Waals surface area contributed by atoms with Gasteiger partial charge in [0, 0.05) is 29.6 Å². The molecule has 0 aromatic rings. The van der Waals surface area contributed by atoms with E-state index in [9.17, 15) is 19.5 Å². The third-order valence-electron chi connectivity index (χ3n) is 9.02. The third kappa shape index (κ3) is 2.61. The van der Waals surface area contributed by atoms with Crippen LogP contribution in [0.5, 0.6) is 0 Å². The number of hydrogen-bond donors (Lipinski definition) is 1. The maximum atomic E-state index is 17.1. The summed E-state index contributed by atoms with van der Waals surface area (Å²) in [6.07, 6.45) is 4.54. The Morgan fingerprint density at radius 2 is 2.00 bits per heavy atom. The Kier molecular flexibility index (Phi) is 5.10. The Labute approximate surface area is 187 Å². The van der Waals surface area contributed by atoms with Gasteiger partial charge in [-0.05, 0) is 50.7 Å². The number of alkyl halides is 2. The summed E-state index contributed by atoms with van der Waals surface area (Å²) in [5.41, 5.74) is -4.83. The van der Waals surface area contributed by atoms with Gasteiger partial charge in [-0.15, -0.1) is 11.6 Å². The van der Waals surface area contributed by atoms with Gasteiger partial charge in [-0.3, -0.25) is 14.4 Å². The molecule has 4 aliphatic carbocycles. The zero-order chi connectivity index (χ0) is 23.0. The molecule has 4 rings (SSSR count). The van der Waals surface area contributed by atoms with Gasteiger partial charge in [0.25, 0.3) is 0 Å². The molecule has 0 bridgehead atoms. The summed E-state index contributed by atoms with van der Waals surface area (Å²) in [4.78, 5) is 37.2. The van der Waals surface area contributed by atoms with Crippen LogP contribution in [0.1, 0.15) is 53.4 Å². The number of ether oxygens (including phenoxy) is 1. The maximum Gasteiger partial charge on any atom is 0.303 e. The van der Waals surface area contributed by atoms with E-state index < -0.39 is 45.9 Å². The second kappa shape index (κ2) is 6.98. The lowest BCUT2D eigenvalue weighted by atomic mass is 9.44. The standard InChI is InChI=1S/C24H30ClFO5/c1-13-9-18-17-6-5-15-10-16(28)7-8-21(15,3)23(17,26)19(29)11-22(18,4)24(13,20(30)12-25)31-14(2)27/h7-8,10,13,17-19,29H,5-6,9,11-12H2,1-4H3/t13?,17-,18-,19?,21-,22-,23-,24-/m0/s1. The van der Waals surface area contributed by atoms with E-state index >= 15 is 4.39 Å². The number of ketones is 2. The highest BCUT2D eigenvalue weighted by Gasteiger charge is 2.77.